The van der Waals surface area contributed by atoms with Crippen LogP contribution in [0.2, 0.25) is 10.0 Å². The first kappa shape index (κ1) is 20.2. The Morgan fingerprint density at radius 1 is 1.04 bits per heavy atom. The van der Waals surface area contributed by atoms with Crippen LogP contribution in [0, 0.1) is 0 Å². The molecular weight excluding hydrogens is 399 g/mol. The molecule has 0 saturated carbocycles. The molecule has 0 fully saturated rings. The van der Waals surface area contributed by atoms with E-state index in [1.165, 1.54) is 32.0 Å². The molecule has 0 aliphatic heterocycles. The third-order valence-corrected chi connectivity index (χ3v) is 4.95. The van der Waals surface area contributed by atoms with Crippen LogP contribution in [-0.4, -0.2) is 31.8 Å². The molecule has 0 atom stereocenters. The highest BCUT2D eigenvalue weighted by molar-refractivity contribution is 8.00. The van der Waals surface area contributed by atoms with Crippen LogP contribution in [0.1, 0.15) is 10.4 Å². The fourth-order valence-corrected chi connectivity index (χ4v) is 3.25. The van der Waals surface area contributed by atoms with Crippen molar-refractivity contribution in [3.8, 4) is 11.5 Å². The fraction of sp³-hybridized carbons (Fsp3) is 0.176. The molecule has 0 aromatic heterocycles. The zero-order valence-corrected chi connectivity index (χ0v) is 16.3. The largest absolute Gasteiger partial charge is 0.497 e. The summed E-state index contributed by atoms with van der Waals surface area (Å²) in [5.41, 5.74) is 4.92. The predicted molar refractivity (Wildman–Crippen MR) is 102 cm³/mol. The number of thioether (sulfide) groups is 1. The van der Waals surface area contributed by atoms with Gasteiger partial charge in [0.05, 0.1) is 30.6 Å². The minimum Gasteiger partial charge on any atom is -0.497 e. The van der Waals surface area contributed by atoms with Gasteiger partial charge in [0.1, 0.15) is 11.5 Å². The van der Waals surface area contributed by atoms with E-state index >= 15 is 0 Å². The van der Waals surface area contributed by atoms with Crippen LogP contribution >= 0.6 is 35.0 Å². The molecule has 9 heteroatoms. The number of benzene rings is 2. The van der Waals surface area contributed by atoms with E-state index in [1.54, 1.807) is 30.3 Å². The van der Waals surface area contributed by atoms with Crippen LogP contribution in [0.3, 0.4) is 0 Å². The lowest BCUT2D eigenvalue weighted by molar-refractivity contribution is -0.119. The van der Waals surface area contributed by atoms with Gasteiger partial charge in [0.2, 0.25) is 5.91 Å². The molecule has 0 aliphatic rings. The van der Waals surface area contributed by atoms with E-state index in [1.807, 2.05) is 0 Å². The summed E-state index contributed by atoms with van der Waals surface area (Å²) in [6.45, 7) is 0. The van der Waals surface area contributed by atoms with Crippen molar-refractivity contribution in [2.24, 2.45) is 0 Å². The van der Waals surface area contributed by atoms with E-state index in [0.29, 0.717) is 26.4 Å². The van der Waals surface area contributed by atoms with Gasteiger partial charge in [-0.3, -0.25) is 20.4 Å². The van der Waals surface area contributed by atoms with Crippen molar-refractivity contribution in [1.82, 2.24) is 10.9 Å². The van der Waals surface area contributed by atoms with Crippen molar-refractivity contribution in [1.29, 1.82) is 0 Å². The molecule has 138 valence electrons. The van der Waals surface area contributed by atoms with Gasteiger partial charge in [-0.15, -0.1) is 11.8 Å². The van der Waals surface area contributed by atoms with Gasteiger partial charge in [-0.05, 0) is 36.4 Å². The summed E-state index contributed by atoms with van der Waals surface area (Å²) in [4.78, 5) is 24.9. The van der Waals surface area contributed by atoms with Crippen LogP contribution < -0.4 is 20.3 Å². The van der Waals surface area contributed by atoms with E-state index in [0.717, 1.165) is 0 Å². The summed E-state index contributed by atoms with van der Waals surface area (Å²) in [6.07, 6.45) is 0. The van der Waals surface area contributed by atoms with Gasteiger partial charge >= 0.3 is 0 Å². The van der Waals surface area contributed by atoms with Crippen molar-refractivity contribution in [2.45, 2.75) is 4.90 Å². The number of carbonyl (C=O) groups excluding carboxylic acids is 2. The first-order valence-corrected chi connectivity index (χ1v) is 9.07. The van der Waals surface area contributed by atoms with E-state index < -0.39 is 11.8 Å². The average molecular weight is 415 g/mol. The summed E-state index contributed by atoms with van der Waals surface area (Å²) in [7, 11) is 2.94. The Balaban J connectivity index is 1.93. The van der Waals surface area contributed by atoms with Gasteiger partial charge < -0.3 is 9.47 Å². The van der Waals surface area contributed by atoms with E-state index in [9.17, 15) is 9.59 Å². The zero-order valence-electron chi connectivity index (χ0n) is 14.0. The molecule has 0 unspecified atom stereocenters. The molecule has 0 heterocycles. The molecule has 2 aromatic rings. The highest BCUT2D eigenvalue weighted by atomic mass is 35.5. The summed E-state index contributed by atoms with van der Waals surface area (Å²) in [5, 5.41) is 1.02. The van der Waals surface area contributed by atoms with Crippen molar-refractivity contribution in [3.05, 3.63) is 52.0 Å². The maximum atomic E-state index is 12.3. The van der Waals surface area contributed by atoms with Gasteiger partial charge in [0.25, 0.3) is 5.91 Å². The number of carbonyl (C=O) groups is 2. The topological polar surface area (TPSA) is 76.7 Å². The standard InChI is InChI=1S/C17H16Cl2N2O4S/c1-24-11-4-6-14(25-2)12(8-11)17(23)21-20-16(22)9-26-15-7-10(18)3-5-13(15)19/h3-8H,9H2,1-2H3,(H,20,22)(H,21,23). The number of ether oxygens (including phenoxy) is 2. The number of hydrogen-bond acceptors (Lipinski definition) is 5. The minimum atomic E-state index is -0.528. The molecule has 0 bridgehead atoms. The second kappa shape index (κ2) is 9.56. The van der Waals surface area contributed by atoms with E-state index in [2.05, 4.69) is 10.9 Å². The second-order valence-corrected chi connectivity index (χ2v) is 6.79. The normalized spacial score (nSPS) is 10.2. The Morgan fingerprint density at radius 3 is 2.50 bits per heavy atom. The maximum Gasteiger partial charge on any atom is 0.273 e. The minimum absolute atomic E-state index is 0.0512. The third-order valence-electron chi connectivity index (χ3n) is 3.22. The predicted octanol–water partition coefficient (Wildman–Crippen LogP) is 3.56. The van der Waals surface area contributed by atoms with Crippen molar-refractivity contribution in [2.75, 3.05) is 20.0 Å². The SMILES string of the molecule is COc1ccc(OC)c(C(=O)NNC(=O)CSc2cc(Cl)ccc2Cl)c1. The molecule has 2 rings (SSSR count). The monoisotopic (exact) mass is 414 g/mol. The lowest BCUT2D eigenvalue weighted by Crippen LogP contribution is -2.42. The van der Waals surface area contributed by atoms with Crippen LogP contribution in [0.25, 0.3) is 0 Å². The van der Waals surface area contributed by atoms with Crippen LogP contribution in [0.5, 0.6) is 11.5 Å². The Morgan fingerprint density at radius 2 is 1.81 bits per heavy atom. The number of amides is 2. The highest BCUT2D eigenvalue weighted by Gasteiger charge is 2.15. The highest BCUT2D eigenvalue weighted by Crippen LogP contribution is 2.29. The lowest BCUT2D eigenvalue weighted by atomic mass is 10.2. The molecule has 0 radical (unpaired) electrons. The fourth-order valence-electron chi connectivity index (χ4n) is 1.95. The zero-order chi connectivity index (χ0) is 19.1. The first-order chi connectivity index (χ1) is 12.4. The molecule has 2 N–H and O–H groups in total. The quantitative estimate of drug-likeness (QED) is 0.557. The lowest BCUT2D eigenvalue weighted by Gasteiger charge is -2.11. The number of rotatable bonds is 6. The Labute approximate surface area is 165 Å². The molecule has 0 spiro atoms. The number of hydrogen-bond donors (Lipinski definition) is 2. The van der Waals surface area contributed by atoms with Crippen molar-refractivity contribution >= 4 is 46.8 Å². The average Bonchev–Trinajstić information content (AvgIpc) is 2.66. The summed E-state index contributed by atoms with van der Waals surface area (Å²) < 4.78 is 10.2. The van der Waals surface area contributed by atoms with Crippen LogP contribution in [-0.2, 0) is 4.79 Å². The van der Waals surface area contributed by atoms with Gasteiger partial charge in [0, 0.05) is 9.92 Å². The van der Waals surface area contributed by atoms with Crippen LogP contribution in [0.4, 0.5) is 0 Å². The molecule has 0 aliphatic carbocycles. The van der Waals surface area contributed by atoms with Gasteiger partial charge in [-0.1, -0.05) is 23.2 Å². The van der Waals surface area contributed by atoms with Gasteiger partial charge in [-0.2, -0.15) is 0 Å². The van der Waals surface area contributed by atoms with Crippen molar-refractivity contribution < 1.29 is 19.1 Å². The maximum absolute atomic E-state index is 12.3. The van der Waals surface area contributed by atoms with E-state index in [-0.39, 0.29) is 11.3 Å². The molecular formula is C17H16Cl2N2O4S. The Bertz CT molecular complexity index is 817. The summed E-state index contributed by atoms with van der Waals surface area (Å²) >= 11 is 13.2. The third kappa shape index (κ3) is 5.45. The molecule has 6 nitrogen and oxygen atoms in total. The molecule has 2 aromatic carbocycles. The number of nitrogens with one attached hydrogen (secondary N) is 2. The smallest absolute Gasteiger partial charge is 0.273 e. The second-order valence-electron chi connectivity index (χ2n) is 4.93. The number of methoxy groups -OCH3 is 2. The van der Waals surface area contributed by atoms with Gasteiger partial charge in [0.15, 0.2) is 0 Å². The summed E-state index contributed by atoms with van der Waals surface area (Å²) in [6, 6.07) is 9.77. The molecule has 26 heavy (non-hydrogen) atoms. The molecule has 0 saturated heterocycles. The van der Waals surface area contributed by atoms with E-state index in [4.69, 9.17) is 32.7 Å². The molecule has 2 amide bonds. The van der Waals surface area contributed by atoms with Crippen LogP contribution in [0.15, 0.2) is 41.3 Å². The Hall–Kier alpha value is -2.09. The first-order valence-electron chi connectivity index (χ1n) is 7.33. The number of hydrazine groups is 1. The van der Waals surface area contributed by atoms with Gasteiger partial charge in [-0.25, -0.2) is 0 Å². The Kier molecular flexibility index (Phi) is 7.44. The van der Waals surface area contributed by atoms with Crippen molar-refractivity contribution in [3.63, 3.8) is 0 Å². The number of halogens is 2. The summed E-state index contributed by atoms with van der Waals surface area (Å²) in [5.74, 6) is -0.0255.